The SMILES string of the molecule is CCOc1cc2c(cc1CN1CCn3c(CO)nnc3C1)OC(C)C2. The Morgan fingerprint density at radius 1 is 1.32 bits per heavy atom. The molecule has 4 rings (SSSR count). The van der Waals surface area contributed by atoms with E-state index in [2.05, 4.69) is 34.2 Å². The van der Waals surface area contributed by atoms with Gasteiger partial charge in [0.15, 0.2) is 5.82 Å². The summed E-state index contributed by atoms with van der Waals surface area (Å²) in [7, 11) is 0. The Labute approximate surface area is 147 Å². The predicted molar refractivity (Wildman–Crippen MR) is 91.5 cm³/mol. The predicted octanol–water partition coefficient (Wildman–Crippen LogP) is 1.51. The first kappa shape index (κ1) is 16.4. The molecule has 1 N–H and O–H groups in total. The normalized spacial score (nSPS) is 19.4. The summed E-state index contributed by atoms with van der Waals surface area (Å²) >= 11 is 0. The van der Waals surface area contributed by atoms with Crippen LogP contribution in [0.1, 0.15) is 36.6 Å². The second kappa shape index (κ2) is 6.65. The summed E-state index contributed by atoms with van der Waals surface area (Å²) < 4.78 is 13.8. The Bertz CT molecular complexity index is 774. The molecule has 1 aromatic heterocycles. The molecular weight excluding hydrogens is 320 g/mol. The quantitative estimate of drug-likeness (QED) is 0.886. The van der Waals surface area contributed by atoms with Crippen molar-refractivity contribution in [2.45, 2.75) is 52.6 Å². The van der Waals surface area contributed by atoms with Crippen LogP contribution in [0, 0.1) is 0 Å². The second-order valence-corrected chi connectivity index (χ2v) is 6.69. The van der Waals surface area contributed by atoms with Gasteiger partial charge in [0, 0.05) is 37.2 Å². The molecular formula is C18H24N4O3. The van der Waals surface area contributed by atoms with Gasteiger partial charge in [-0.2, -0.15) is 0 Å². The van der Waals surface area contributed by atoms with Crippen molar-refractivity contribution in [3.05, 3.63) is 34.9 Å². The molecule has 7 heteroatoms. The molecule has 2 aliphatic rings. The summed E-state index contributed by atoms with van der Waals surface area (Å²) in [6.07, 6.45) is 1.16. The van der Waals surface area contributed by atoms with E-state index in [9.17, 15) is 5.11 Å². The van der Waals surface area contributed by atoms with Crippen molar-refractivity contribution in [1.29, 1.82) is 0 Å². The summed E-state index contributed by atoms with van der Waals surface area (Å²) in [6.45, 7) is 7.86. The molecule has 2 aliphatic heterocycles. The van der Waals surface area contributed by atoms with E-state index in [0.29, 0.717) is 19.0 Å². The number of aliphatic hydroxyl groups is 1. The van der Waals surface area contributed by atoms with Crippen molar-refractivity contribution >= 4 is 0 Å². The third kappa shape index (κ3) is 3.09. The molecule has 0 fully saturated rings. The number of benzene rings is 1. The lowest BCUT2D eigenvalue weighted by Gasteiger charge is -2.28. The van der Waals surface area contributed by atoms with Crippen molar-refractivity contribution in [2.24, 2.45) is 0 Å². The van der Waals surface area contributed by atoms with Gasteiger partial charge in [-0.15, -0.1) is 10.2 Å². The first-order valence-corrected chi connectivity index (χ1v) is 8.87. The Balaban J connectivity index is 1.55. The van der Waals surface area contributed by atoms with Gasteiger partial charge in [-0.1, -0.05) is 0 Å². The summed E-state index contributed by atoms with van der Waals surface area (Å²) in [5.74, 6) is 3.47. The zero-order valence-electron chi connectivity index (χ0n) is 14.7. The number of fused-ring (bicyclic) bond motifs is 2. The maximum atomic E-state index is 9.32. The molecule has 25 heavy (non-hydrogen) atoms. The fraction of sp³-hybridized carbons (Fsp3) is 0.556. The second-order valence-electron chi connectivity index (χ2n) is 6.69. The van der Waals surface area contributed by atoms with Crippen LogP contribution in [0.25, 0.3) is 0 Å². The summed E-state index contributed by atoms with van der Waals surface area (Å²) in [6, 6.07) is 4.26. The third-order valence-corrected chi connectivity index (χ3v) is 4.82. The van der Waals surface area contributed by atoms with Crippen LogP contribution in [0.5, 0.6) is 11.5 Å². The lowest BCUT2D eigenvalue weighted by Crippen LogP contribution is -2.34. The smallest absolute Gasteiger partial charge is 0.158 e. The lowest BCUT2D eigenvalue weighted by atomic mass is 10.1. The molecule has 7 nitrogen and oxygen atoms in total. The maximum absolute atomic E-state index is 9.32. The Hall–Kier alpha value is -2.12. The molecule has 0 amide bonds. The molecule has 1 unspecified atom stereocenters. The van der Waals surface area contributed by atoms with E-state index >= 15 is 0 Å². The summed E-state index contributed by atoms with van der Waals surface area (Å²) in [4.78, 5) is 2.33. The Kier molecular flexibility index (Phi) is 4.35. The van der Waals surface area contributed by atoms with Crippen molar-refractivity contribution in [3.63, 3.8) is 0 Å². The minimum absolute atomic E-state index is 0.0676. The van der Waals surface area contributed by atoms with E-state index in [4.69, 9.17) is 9.47 Å². The molecule has 0 saturated heterocycles. The van der Waals surface area contributed by atoms with Crippen LogP contribution in [0.3, 0.4) is 0 Å². The summed E-state index contributed by atoms with van der Waals surface area (Å²) in [5, 5.41) is 17.6. The van der Waals surface area contributed by atoms with Crippen molar-refractivity contribution in [3.8, 4) is 11.5 Å². The number of rotatable bonds is 5. The molecule has 3 heterocycles. The van der Waals surface area contributed by atoms with Gasteiger partial charge in [0.2, 0.25) is 0 Å². The largest absolute Gasteiger partial charge is 0.494 e. The topological polar surface area (TPSA) is 72.6 Å². The zero-order valence-corrected chi connectivity index (χ0v) is 14.7. The number of aliphatic hydroxyl groups excluding tert-OH is 1. The molecule has 134 valence electrons. The molecule has 0 aliphatic carbocycles. The van der Waals surface area contributed by atoms with E-state index in [1.165, 1.54) is 5.56 Å². The molecule has 1 aromatic carbocycles. The van der Waals surface area contributed by atoms with E-state index in [-0.39, 0.29) is 12.7 Å². The number of hydrogen-bond donors (Lipinski definition) is 1. The van der Waals surface area contributed by atoms with Crippen LogP contribution in [0.4, 0.5) is 0 Å². The first-order valence-electron chi connectivity index (χ1n) is 8.87. The monoisotopic (exact) mass is 344 g/mol. The van der Waals surface area contributed by atoms with Crippen molar-refractivity contribution in [2.75, 3.05) is 13.2 Å². The zero-order chi connectivity index (χ0) is 17.4. The van der Waals surface area contributed by atoms with E-state index in [1.54, 1.807) is 0 Å². The van der Waals surface area contributed by atoms with E-state index in [0.717, 1.165) is 48.9 Å². The molecule has 2 aromatic rings. The highest BCUT2D eigenvalue weighted by Crippen LogP contribution is 2.36. The van der Waals surface area contributed by atoms with Crippen molar-refractivity contribution < 1.29 is 14.6 Å². The van der Waals surface area contributed by atoms with Gasteiger partial charge in [0.1, 0.15) is 30.0 Å². The first-order chi connectivity index (χ1) is 12.2. The average Bonchev–Trinajstić information content (AvgIpc) is 3.16. The van der Waals surface area contributed by atoms with Gasteiger partial charge in [-0.05, 0) is 26.0 Å². The highest BCUT2D eigenvalue weighted by atomic mass is 16.5. The molecule has 0 bridgehead atoms. The van der Waals surface area contributed by atoms with Gasteiger partial charge in [0.25, 0.3) is 0 Å². The minimum atomic E-state index is -0.0676. The van der Waals surface area contributed by atoms with Gasteiger partial charge >= 0.3 is 0 Å². The van der Waals surface area contributed by atoms with Crippen LogP contribution in [-0.2, 0) is 32.7 Å². The number of nitrogens with zero attached hydrogens (tertiary/aromatic N) is 4. The Morgan fingerprint density at radius 3 is 3.00 bits per heavy atom. The molecule has 1 atom stereocenters. The molecule has 0 saturated carbocycles. The number of aromatic nitrogens is 3. The number of hydrogen-bond acceptors (Lipinski definition) is 6. The molecule has 0 radical (unpaired) electrons. The number of ether oxygens (including phenoxy) is 2. The third-order valence-electron chi connectivity index (χ3n) is 4.82. The van der Waals surface area contributed by atoms with Crippen LogP contribution >= 0.6 is 0 Å². The van der Waals surface area contributed by atoms with Gasteiger partial charge in [-0.3, -0.25) is 4.90 Å². The standard InChI is InChI=1S/C18H24N4O3/c1-3-24-15-7-13-6-12(2)25-16(13)8-14(15)9-21-4-5-22-17(10-21)19-20-18(22)11-23/h7-8,12,23H,3-6,9-11H2,1-2H3. The van der Waals surface area contributed by atoms with Crippen LogP contribution in [-0.4, -0.2) is 44.0 Å². The van der Waals surface area contributed by atoms with E-state index in [1.807, 2.05) is 11.5 Å². The average molecular weight is 344 g/mol. The summed E-state index contributed by atoms with van der Waals surface area (Å²) in [5.41, 5.74) is 2.37. The Morgan fingerprint density at radius 2 is 2.20 bits per heavy atom. The van der Waals surface area contributed by atoms with Crippen LogP contribution in [0.2, 0.25) is 0 Å². The van der Waals surface area contributed by atoms with Crippen LogP contribution in [0.15, 0.2) is 12.1 Å². The lowest BCUT2D eigenvalue weighted by molar-refractivity contribution is 0.196. The maximum Gasteiger partial charge on any atom is 0.158 e. The van der Waals surface area contributed by atoms with Gasteiger partial charge in [-0.25, -0.2) is 0 Å². The molecule has 0 spiro atoms. The fourth-order valence-electron chi connectivity index (χ4n) is 3.66. The van der Waals surface area contributed by atoms with Crippen molar-refractivity contribution in [1.82, 2.24) is 19.7 Å². The van der Waals surface area contributed by atoms with Crippen LogP contribution < -0.4 is 9.47 Å². The highest BCUT2D eigenvalue weighted by molar-refractivity contribution is 5.48. The highest BCUT2D eigenvalue weighted by Gasteiger charge is 2.25. The van der Waals surface area contributed by atoms with E-state index < -0.39 is 0 Å². The fourth-order valence-corrected chi connectivity index (χ4v) is 3.66. The van der Waals surface area contributed by atoms with Gasteiger partial charge < -0.3 is 19.1 Å². The van der Waals surface area contributed by atoms with Gasteiger partial charge in [0.05, 0.1) is 13.2 Å². The minimum Gasteiger partial charge on any atom is -0.494 e.